The summed E-state index contributed by atoms with van der Waals surface area (Å²) in [7, 11) is 1.84. The molecule has 0 unspecified atom stereocenters. The van der Waals surface area contributed by atoms with Crippen LogP contribution in [0.3, 0.4) is 0 Å². The molecule has 0 N–H and O–H groups in total. The number of rotatable bonds is 2. The van der Waals surface area contributed by atoms with Gasteiger partial charge in [-0.05, 0) is 23.6 Å². The van der Waals surface area contributed by atoms with Crippen LogP contribution in [0.5, 0.6) is 0 Å². The van der Waals surface area contributed by atoms with Crippen molar-refractivity contribution in [3.05, 3.63) is 34.3 Å². The molecule has 1 aromatic carbocycles. The van der Waals surface area contributed by atoms with Gasteiger partial charge in [-0.3, -0.25) is 4.79 Å². The number of hydrogen-bond acceptors (Lipinski definition) is 1. The van der Waals surface area contributed by atoms with Gasteiger partial charge in [-0.1, -0.05) is 42.8 Å². The second-order valence-corrected chi connectivity index (χ2v) is 6.15. The van der Waals surface area contributed by atoms with Gasteiger partial charge in [0.15, 0.2) is 0 Å². The van der Waals surface area contributed by atoms with E-state index in [0.29, 0.717) is 0 Å². The second-order valence-electron chi connectivity index (χ2n) is 5.23. The number of carbonyl (C=O) groups excluding carboxylic acids is 1. The third-order valence-electron chi connectivity index (χ3n) is 2.13. The summed E-state index contributed by atoms with van der Waals surface area (Å²) in [6.45, 7) is 7.12. The summed E-state index contributed by atoms with van der Waals surface area (Å²) in [6, 6.07) is 7.48. The molecule has 0 saturated carbocycles. The van der Waals surface area contributed by atoms with Crippen LogP contribution in [-0.2, 0) is 0 Å². The average molecular weight is 284 g/mol. The molecule has 0 aliphatic heterocycles. The van der Waals surface area contributed by atoms with Crippen molar-refractivity contribution in [3.8, 4) is 0 Å². The smallest absolute Gasteiger partial charge is 0.253 e. The Kier molecular flexibility index (Phi) is 4.14. The summed E-state index contributed by atoms with van der Waals surface area (Å²) in [6.07, 6.45) is 0. The SMILES string of the molecule is CN(CC(C)(C)C)C(=O)c1cccc(Br)c1. The molecule has 0 bridgehead atoms. The molecular weight excluding hydrogens is 266 g/mol. The van der Waals surface area contributed by atoms with E-state index in [-0.39, 0.29) is 11.3 Å². The molecule has 0 fully saturated rings. The largest absolute Gasteiger partial charge is 0.341 e. The number of benzene rings is 1. The zero-order valence-electron chi connectivity index (χ0n) is 10.2. The van der Waals surface area contributed by atoms with E-state index >= 15 is 0 Å². The first kappa shape index (κ1) is 13.2. The zero-order valence-corrected chi connectivity index (χ0v) is 11.8. The van der Waals surface area contributed by atoms with Crippen LogP contribution in [0.15, 0.2) is 28.7 Å². The van der Waals surface area contributed by atoms with Crippen LogP contribution >= 0.6 is 15.9 Å². The maximum absolute atomic E-state index is 12.1. The highest BCUT2D eigenvalue weighted by Gasteiger charge is 2.18. The van der Waals surface area contributed by atoms with E-state index in [1.165, 1.54) is 0 Å². The van der Waals surface area contributed by atoms with Gasteiger partial charge in [-0.15, -0.1) is 0 Å². The molecule has 0 atom stereocenters. The van der Waals surface area contributed by atoms with Crippen molar-refractivity contribution >= 4 is 21.8 Å². The summed E-state index contributed by atoms with van der Waals surface area (Å²) in [5.41, 5.74) is 0.845. The number of carbonyl (C=O) groups is 1. The Morgan fingerprint density at radius 2 is 2.00 bits per heavy atom. The summed E-state index contributed by atoms with van der Waals surface area (Å²) in [4.78, 5) is 13.8. The summed E-state index contributed by atoms with van der Waals surface area (Å²) in [5, 5.41) is 0. The Hall–Kier alpha value is -0.830. The molecule has 1 aromatic rings. The monoisotopic (exact) mass is 283 g/mol. The van der Waals surface area contributed by atoms with Crippen LogP contribution in [0.25, 0.3) is 0 Å². The Labute approximate surface area is 106 Å². The summed E-state index contributed by atoms with van der Waals surface area (Å²) >= 11 is 3.37. The van der Waals surface area contributed by atoms with E-state index < -0.39 is 0 Å². The second kappa shape index (κ2) is 5.00. The van der Waals surface area contributed by atoms with Gasteiger partial charge in [0.1, 0.15) is 0 Å². The topological polar surface area (TPSA) is 20.3 Å². The van der Waals surface area contributed by atoms with Crippen molar-refractivity contribution in [2.24, 2.45) is 5.41 Å². The van der Waals surface area contributed by atoms with E-state index in [0.717, 1.165) is 16.6 Å². The number of amides is 1. The first-order valence-electron chi connectivity index (χ1n) is 5.31. The lowest BCUT2D eigenvalue weighted by Gasteiger charge is -2.26. The fraction of sp³-hybridized carbons (Fsp3) is 0.462. The fourth-order valence-electron chi connectivity index (χ4n) is 1.63. The van der Waals surface area contributed by atoms with Gasteiger partial charge in [0.05, 0.1) is 0 Å². The molecule has 0 saturated heterocycles. The molecule has 0 heterocycles. The van der Waals surface area contributed by atoms with Crippen LogP contribution in [0, 0.1) is 5.41 Å². The Bertz CT molecular complexity index is 382. The molecular formula is C13H18BrNO. The average Bonchev–Trinajstić information content (AvgIpc) is 2.14. The first-order valence-corrected chi connectivity index (χ1v) is 6.10. The fourth-order valence-corrected chi connectivity index (χ4v) is 2.02. The van der Waals surface area contributed by atoms with Crippen LogP contribution in [0.2, 0.25) is 0 Å². The normalized spacial score (nSPS) is 11.3. The molecule has 0 aromatic heterocycles. The maximum atomic E-state index is 12.1. The lowest BCUT2D eigenvalue weighted by molar-refractivity contribution is 0.0745. The molecule has 3 heteroatoms. The standard InChI is InChI=1S/C13H18BrNO/c1-13(2,3)9-15(4)12(16)10-6-5-7-11(14)8-10/h5-8H,9H2,1-4H3. The van der Waals surface area contributed by atoms with Gasteiger partial charge in [0.25, 0.3) is 5.91 Å². The van der Waals surface area contributed by atoms with E-state index in [2.05, 4.69) is 36.7 Å². The lowest BCUT2D eigenvalue weighted by atomic mass is 9.96. The predicted molar refractivity (Wildman–Crippen MR) is 70.6 cm³/mol. The van der Waals surface area contributed by atoms with E-state index in [9.17, 15) is 4.79 Å². The molecule has 0 aliphatic rings. The van der Waals surface area contributed by atoms with Gasteiger partial charge < -0.3 is 4.90 Å². The van der Waals surface area contributed by atoms with Gasteiger partial charge in [0, 0.05) is 23.6 Å². The van der Waals surface area contributed by atoms with Crippen molar-refractivity contribution < 1.29 is 4.79 Å². The quantitative estimate of drug-likeness (QED) is 0.813. The third-order valence-corrected chi connectivity index (χ3v) is 2.62. The molecule has 1 amide bonds. The maximum Gasteiger partial charge on any atom is 0.253 e. The van der Waals surface area contributed by atoms with Crippen LogP contribution in [0.1, 0.15) is 31.1 Å². The molecule has 2 nitrogen and oxygen atoms in total. The highest BCUT2D eigenvalue weighted by molar-refractivity contribution is 9.10. The van der Waals surface area contributed by atoms with Crippen LogP contribution in [0.4, 0.5) is 0 Å². The van der Waals surface area contributed by atoms with E-state index in [1.54, 1.807) is 4.90 Å². The van der Waals surface area contributed by atoms with Crippen LogP contribution in [-0.4, -0.2) is 24.4 Å². The highest BCUT2D eigenvalue weighted by atomic mass is 79.9. The number of halogens is 1. The van der Waals surface area contributed by atoms with Crippen molar-refractivity contribution in [3.63, 3.8) is 0 Å². The first-order chi connectivity index (χ1) is 7.29. The van der Waals surface area contributed by atoms with Crippen molar-refractivity contribution in [2.75, 3.05) is 13.6 Å². The minimum absolute atomic E-state index is 0.0659. The van der Waals surface area contributed by atoms with Crippen molar-refractivity contribution in [1.29, 1.82) is 0 Å². The van der Waals surface area contributed by atoms with Crippen molar-refractivity contribution in [1.82, 2.24) is 4.90 Å². The molecule has 0 radical (unpaired) electrons. The minimum atomic E-state index is 0.0659. The Morgan fingerprint density at radius 3 is 2.50 bits per heavy atom. The van der Waals surface area contributed by atoms with E-state index in [4.69, 9.17) is 0 Å². The Balaban J connectivity index is 2.78. The van der Waals surface area contributed by atoms with Gasteiger partial charge >= 0.3 is 0 Å². The zero-order chi connectivity index (χ0) is 12.3. The minimum Gasteiger partial charge on any atom is -0.341 e. The summed E-state index contributed by atoms with van der Waals surface area (Å²) in [5.74, 6) is 0.0659. The Morgan fingerprint density at radius 1 is 1.38 bits per heavy atom. The van der Waals surface area contributed by atoms with Gasteiger partial charge in [-0.25, -0.2) is 0 Å². The van der Waals surface area contributed by atoms with E-state index in [1.807, 2.05) is 31.3 Å². The summed E-state index contributed by atoms with van der Waals surface area (Å²) < 4.78 is 0.933. The lowest BCUT2D eigenvalue weighted by Crippen LogP contribution is -2.34. The molecule has 0 spiro atoms. The molecule has 88 valence electrons. The van der Waals surface area contributed by atoms with Gasteiger partial charge in [-0.2, -0.15) is 0 Å². The number of hydrogen-bond donors (Lipinski definition) is 0. The number of nitrogens with zero attached hydrogens (tertiary/aromatic N) is 1. The predicted octanol–water partition coefficient (Wildman–Crippen LogP) is 3.57. The van der Waals surface area contributed by atoms with Crippen molar-refractivity contribution in [2.45, 2.75) is 20.8 Å². The van der Waals surface area contributed by atoms with Crippen LogP contribution < -0.4 is 0 Å². The molecule has 16 heavy (non-hydrogen) atoms. The highest BCUT2D eigenvalue weighted by Crippen LogP contribution is 2.17. The van der Waals surface area contributed by atoms with Gasteiger partial charge in [0.2, 0.25) is 0 Å². The third kappa shape index (κ3) is 3.97. The molecule has 1 rings (SSSR count). The molecule has 0 aliphatic carbocycles.